The van der Waals surface area contributed by atoms with Gasteiger partial charge in [0.2, 0.25) is 5.91 Å². The number of carbonyl (C=O) groups is 1. The Morgan fingerprint density at radius 2 is 2.14 bits per heavy atom. The number of nitriles is 1. The number of amides is 1. The summed E-state index contributed by atoms with van der Waals surface area (Å²) in [6.45, 7) is 5.07. The lowest BCUT2D eigenvalue weighted by Crippen LogP contribution is -2.48. The van der Waals surface area contributed by atoms with E-state index in [1.54, 1.807) is 23.0 Å². The number of rotatable bonds is 5. The molecule has 8 nitrogen and oxygen atoms in total. The second kappa shape index (κ2) is 9.81. The summed E-state index contributed by atoms with van der Waals surface area (Å²) in [5.74, 6) is 0.0936. The monoisotopic (exact) mass is 523 g/mol. The highest BCUT2D eigenvalue weighted by atomic mass is 35.5. The standard InChI is InChI=1S/C26H27Cl2N7O/c1-14-10-16(5-8-22(14)34-9-3-4-23(34)25(30)36)21-13-31-24-20(12-29)33-35(26(24)32-21)15(2)18-7-6-17(27)11-19(18)28/h5-7,11,13-15,22-23H,3-4,8-10H2,1-2H3,(H2,30,36)/t14-,15-,22+,23+/m1/s1. The van der Waals surface area contributed by atoms with Gasteiger partial charge in [0.25, 0.3) is 0 Å². The van der Waals surface area contributed by atoms with E-state index in [9.17, 15) is 10.1 Å². The van der Waals surface area contributed by atoms with Crippen molar-refractivity contribution in [2.24, 2.45) is 11.7 Å². The third-order valence-corrected chi connectivity index (χ3v) is 8.03. The minimum Gasteiger partial charge on any atom is -0.368 e. The topological polar surface area (TPSA) is 114 Å². The molecule has 2 aliphatic rings. The Kier molecular flexibility index (Phi) is 6.73. The molecule has 4 atom stereocenters. The van der Waals surface area contributed by atoms with Crippen LogP contribution in [-0.2, 0) is 4.79 Å². The molecular weight excluding hydrogens is 497 g/mol. The summed E-state index contributed by atoms with van der Waals surface area (Å²) in [5, 5.41) is 15.2. The molecule has 2 N–H and O–H groups in total. The van der Waals surface area contributed by atoms with E-state index in [0.29, 0.717) is 27.1 Å². The van der Waals surface area contributed by atoms with Crippen molar-refractivity contribution in [3.8, 4) is 6.07 Å². The predicted octanol–water partition coefficient (Wildman–Crippen LogP) is 4.75. The van der Waals surface area contributed by atoms with Crippen molar-refractivity contribution in [2.45, 2.75) is 57.7 Å². The predicted molar refractivity (Wildman–Crippen MR) is 139 cm³/mol. The molecule has 1 aromatic carbocycles. The maximum Gasteiger partial charge on any atom is 0.234 e. The molecule has 2 aromatic heterocycles. The zero-order chi connectivity index (χ0) is 25.6. The third kappa shape index (κ3) is 4.36. The van der Waals surface area contributed by atoms with E-state index in [4.69, 9.17) is 33.9 Å². The first-order chi connectivity index (χ1) is 17.3. The normalized spacial score (nSPS) is 23.4. The van der Waals surface area contributed by atoms with Crippen LogP contribution in [0.4, 0.5) is 0 Å². The Morgan fingerprint density at radius 1 is 1.33 bits per heavy atom. The van der Waals surface area contributed by atoms with Crippen LogP contribution in [0.1, 0.15) is 62.5 Å². The summed E-state index contributed by atoms with van der Waals surface area (Å²) in [7, 11) is 0. The van der Waals surface area contributed by atoms with Crippen LogP contribution in [-0.4, -0.2) is 49.2 Å². The molecule has 36 heavy (non-hydrogen) atoms. The van der Waals surface area contributed by atoms with Crippen molar-refractivity contribution in [3.05, 3.63) is 57.5 Å². The summed E-state index contributed by atoms with van der Waals surface area (Å²) >= 11 is 12.5. The fraction of sp³-hybridized carbons (Fsp3) is 0.423. The van der Waals surface area contributed by atoms with E-state index in [1.165, 1.54) is 0 Å². The van der Waals surface area contributed by atoms with Gasteiger partial charge in [-0.2, -0.15) is 10.4 Å². The number of fused-ring (bicyclic) bond motifs is 1. The van der Waals surface area contributed by atoms with Gasteiger partial charge in [0.1, 0.15) is 11.6 Å². The van der Waals surface area contributed by atoms with Gasteiger partial charge in [-0.05, 0) is 68.3 Å². The van der Waals surface area contributed by atoms with Crippen LogP contribution in [0.15, 0.2) is 30.5 Å². The van der Waals surface area contributed by atoms with Crippen molar-refractivity contribution in [1.82, 2.24) is 24.6 Å². The minimum absolute atomic E-state index is 0.177. The summed E-state index contributed by atoms with van der Waals surface area (Å²) in [6, 6.07) is 7.27. The smallest absolute Gasteiger partial charge is 0.234 e. The lowest BCUT2D eigenvalue weighted by molar-refractivity contribution is -0.123. The minimum atomic E-state index is -0.284. The molecule has 0 saturated carbocycles. The molecule has 0 bridgehead atoms. The van der Waals surface area contributed by atoms with Gasteiger partial charge >= 0.3 is 0 Å². The van der Waals surface area contributed by atoms with Crippen LogP contribution in [0, 0.1) is 17.2 Å². The van der Waals surface area contributed by atoms with Crippen molar-refractivity contribution in [1.29, 1.82) is 5.26 Å². The lowest BCUT2D eigenvalue weighted by atomic mass is 9.83. The number of primary amides is 1. The lowest BCUT2D eigenvalue weighted by Gasteiger charge is -2.38. The Morgan fingerprint density at radius 3 is 2.83 bits per heavy atom. The SMILES string of the molecule is C[C@@H]1CC(c2cnc3c(C#N)nn([C@H](C)c4ccc(Cl)cc4Cl)c3n2)=CC[C@@H]1N1CCC[C@H]1C(N)=O. The summed E-state index contributed by atoms with van der Waals surface area (Å²) in [4.78, 5) is 23.7. The number of hydrogen-bond donors (Lipinski definition) is 1. The maximum atomic E-state index is 11.9. The van der Waals surface area contributed by atoms with Crippen LogP contribution in [0.25, 0.3) is 16.7 Å². The van der Waals surface area contributed by atoms with Gasteiger partial charge in [-0.1, -0.05) is 42.3 Å². The number of carbonyl (C=O) groups excluding carboxylic acids is 1. The number of aromatic nitrogens is 4. The summed E-state index contributed by atoms with van der Waals surface area (Å²) in [5.41, 5.74) is 9.57. The second-order valence-corrected chi connectivity index (χ2v) is 10.5. The number of nitrogens with zero attached hydrogens (tertiary/aromatic N) is 6. The van der Waals surface area contributed by atoms with Crippen molar-refractivity contribution >= 4 is 45.8 Å². The average Bonchev–Trinajstić information content (AvgIpc) is 3.48. The molecule has 1 saturated heterocycles. The fourth-order valence-electron chi connectivity index (χ4n) is 5.61. The maximum absolute atomic E-state index is 11.9. The van der Waals surface area contributed by atoms with E-state index in [1.807, 2.05) is 13.0 Å². The molecule has 3 aromatic rings. The highest BCUT2D eigenvalue weighted by molar-refractivity contribution is 6.35. The number of nitrogens with two attached hydrogens (primary N) is 1. The van der Waals surface area contributed by atoms with E-state index in [0.717, 1.165) is 49.1 Å². The van der Waals surface area contributed by atoms with Crippen molar-refractivity contribution in [2.75, 3.05) is 6.54 Å². The number of allylic oxidation sites excluding steroid dienone is 1. The molecule has 1 aliphatic carbocycles. The number of halogens is 2. The van der Waals surface area contributed by atoms with E-state index < -0.39 is 0 Å². The molecule has 1 fully saturated rings. The zero-order valence-electron chi connectivity index (χ0n) is 20.2. The molecule has 1 aliphatic heterocycles. The molecule has 5 rings (SSSR count). The van der Waals surface area contributed by atoms with E-state index in [-0.39, 0.29) is 29.7 Å². The Hall–Kier alpha value is -2.99. The zero-order valence-corrected chi connectivity index (χ0v) is 21.7. The van der Waals surface area contributed by atoms with Gasteiger partial charge in [0, 0.05) is 16.1 Å². The van der Waals surface area contributed by atoms with E-state index >= 15 is 0 Å². The molecule has 0 radical (unpaired) electrons. The van der Waals surface area contributed by atoms with Gasteiger partial charge in [0.05, 0.1) is 24.0 Å². The molecule has 1 amide bonds. The van der Waals surface area contributed by atoms with Crippen LogP contribution in [0.2, 0.25) is 10.0 Å². The number of hydrogen-bond acceptors (Lipinski definition) is 6. The van der Waals surface area contributed by atoms with Crippen LogP contribution < -0.4 is 5.73 Å². The molecule has 0 spiro atoms. The number of benzene rings is 1. The summed E-state index contributed by atoms with van der Waals surface area (Å²) in [6.07, 6.45) is 7.37. The fourth-order valence-corrected chi connectivity index (χ4v) is 6.17. The first-order valence-electron chi connectivity index (χ1n) is 12.1. The third-order valence-electron chi connectivity index (χ3n) is 7.47. The van der Waals surface area contributed by atoms with Gasteiger partial charge in [-0.15, -0.1) is 0 Å². The van der Waals surface area contributed by atoms with E-state index in [2.05, 4.69) is 34.1 Å². The molecular formula is C26H27Cl2N7O. The largest absolute Gasteiger partial charge is 0.368 e. The molecule has 3 heterocycles. The highest BCUT2D eigenvalue weighted by Crippen LogP contribution is 2.37. The van der Waals surface area contributed by atoms with Crippen LogP contribution in [0.5, 0.6) is 0 Å². The first-order valence-corrected chi connectivity index (χ1v) is 12.9. The highest BCUT2D eigenvalue weighted by Gasteiger charge is 2.37. The van der Waals surface area contributed by atoms with Crippen molar-refractivity contribution in [3.63, 3.8) is 0 Å². The number of likely N-dealkylation sites (tertiary alicyclic amines) is 1. The molecule has 10 heteroatoms. The van der Waals surface area contributed by atoms with Crippen LogP contribution >= 0.6 is 23.2 Å². The Bertz CT molecular complexity index is 1410. The van der Waals surface area contributed by atoms with Gasteiger partial charge in [-0.25, -0.2) is 14.6 Å². The van der Waals surface area contributed by atoms with Crippen LogP contribution in [0.3, 0.4) is 0 Å². The summed E-state index contributed by atoms with van der Waals surface area (Å²) < 4.78 is 1.71. The van der Waals surface area contributed by atoms with Crippen molar-refractivity contribution < 1.29 is 4.79 Å². The Balaban J connectivity index is 1.49. The Labute approximate surface area is 219 Å². The van der Waals surface area contributed by atoms with Gasteiger partial charge < -0.3 is 5.73 Å². The van der Waals surface area contributed by atoms with Gasteiger partial charge in [-0.3, -0.25) is 9.69 Å². The average molecular weight is 524 g/mol. The first kappa shape index (κ1) is 24.7. The molecule has 186 valence electrons. The second-order valence-electron chi connectivity index (χ2n) is 9.69. The quantitative estimate of drug-likeness (QED) is 0.516. The van der Waals surface area contributed by atoms with Gasteiger partial charge in [0.15, 0.2) is 11.3 Å². The molecule has 0 unspecified atom stereocenters.